The van der Waals surface area contributed by atoms with E-state index in [2.05, 4.69) is 27.3 Å². The normalized spacial score (nSPS) is 16.0. The number of imidazole rings is 1. The Labute approximate surface area is 224 Å². The second kappa shape index (κ2) is 11.2. The number of carbonyl (C=O) groups excluding carboxylic acids is 1. The molecule has 2 aromatic heterocycles. The maximum absolute atomic E-state index is 13.5. The molecule has 5 rings (SSSR count). The lowest BCUT2D eigenvalue weighted by Gasteiger charge is -2.32. The molecule has 198 valence electrons. The molecule has 1 aliphatic rings. The van der Waals surface area contributed by atoms with Crippen LogP contribution < -0.4 is 5.32 Å². The van der Waals surface area contributed by atoms with Gasteiger partial charge in [-0.05, 0) is 42.2 Å². The first-order chi connectivity index (χ1) is 18.3. The van der Waals surface area contributed by atoms with Crippen LogP contribution in [0.5, 0.6) is 0 Å². The van der Waals surface area contributed by atoms with Gasteiger partial charge >= 0.3 is 6.18 Å². The minimum Gasteiger partial charge on any atom is -0.353 e. The van der Waals surface area contributed by atoms with Crippen molar-refractivity contribution in [1.82, 2.24) is 19.6 Å². The Hall–Kier alpha value is -3.36. The standard InChI is InChI=1S/C29H28ClF3N4O/c30-23-9-10-27-34-17-26(37(27)19-23)25(21-7-4-8-22(15-21)29(31,32)33)16-28(38)35-24-11-13-36(14-12-24)18-20-5-2-1-3-6-20/h1-10,15,17,19,24-25H,11-14,16,18H2,(H,35,38). The molecule has 1 unspecified atom stereocenters. The number of halogens is 4. The summed E-state index contributed by atoms with van der Waals surface area (Å²) >= 11 is 6.20. The number of hydrogen-bond acceptors (Lipinski definition) is 3. The van der Waals surface area contributed by atoms with Crippen LogP contribution >= 0.6 is 11.6 Å². The van der Waals surface area contributed by atoms with Gasteiger partial charge in [0.05, 0.1) is 16.3 Å². The van der Waals surface area contributed by atoms with E-state index in [1.54, 1.807) is 35.0 Å². The Kier molecular flexibility index (Phi) is 7.72. The molecule has 0 bridgehead atoms. The number of likely N-dealkylation sites (tertiary alicyclic amines) is 1. The second-order valence-corrected chi connectivity index (χ2v) is 10.2. The van der Waals surface area contributed by atoms with Gasteiger partial charge < -0.3 is 9.72 Å². The number of alkyl halides is 3. The summed E-state index contributed by atoms with van der Waals surface area (Å²) in [6.45, 7) is 2.60. The molecule has 0 saturated carbocycles. The summed E-state index contributed by atoms with van der Waals surface area (Å²) in [5, 5.41) is 3.59. The average Bonchev–Trinajstić information content (AvgIpc) is 3.31. The van der Waals surface area contributed by atoms with Crippen LogP contribution in [0.4, 0.5) is 13.2 Å². The number of aromatic nitrogens is 2. The molecule has 1 fully saturated rings. The van der Waals surface area contributed by atoms with Gasteiger partial charge in [-0.25, -0.2) is 4.98 Å². The Morgan fingerprint density at radius 2 is 1.82 bits per heavy atom. The lowest BCUT2D eigenvalue weighted by atomic mass is 9.90. The SMILES string of the molecule is O=C(CC(c1cccc(C(F)(F)F)c1)c1cnc2ccc(Cl)cn12)NC1CCN(Cc2ccccc2)CC1. The van der Waals surface area contributed by atoms with Crippen molar-refractivity contribution in [3.63, 3.8) is 0 Å². The summed E-state index contributed by atoms with van der Waals surface area (Å²) in [6.07, 6.45) is 0.410. The van der Waals surface area contributed by atoms with E-state index in [-0.39, 0.29) is 18.4 Å². The first-order valence-corrected chi connectivity index (χ1v) is 13.0. The van der Waals surface area contributed by atoms with E-state index in [1.165, 1.54) is 11.6 Å². The van der Waals surface area contributed by atoms with Crippen LogP contribution in [-0.2, 0) is 17.5 Å². The molecule has 0 spiro atoms. The Balaban J connectivity index is 1.32. The third-order valence-corrected chi connectivity index (χ3v) is 7.29. The van der Waals surface area contributed by atoms with Crippen LogP contribution in [0.1, 0.15) is 47.6 Å². The van der Waals surface area contributed by atoms with Crippen molar-refractivity contribution in [2.45, 2.75) is 43.9 Å². The predicted octanol–water partition coefficient (Wildman–Crippen LogP) is 6.31. The van der Waals surface area contributed by atoms with Gasteiger partial charge in [-0.1, -0.05) is 60.1 Å². The highest BCUT2D eigenvalue weighted by atomic mass is 35.5. The van der Waals surface area contributed by atoms with E-state index >= 15 is 0 Å². The highest BCUT2D eigenvalue weighted by Crippen LogP contribution is 2.35. The molecular weight excluding hydrogens is 513 g/mol. The van der Waals surface area contributed by atoms with Gasteiger partial charge in [0.1, 0.15) is 5.65 Å². The monoisotopic (exact) mass is 540 g/mol. The maximum Gasteiger partial charge on any atom is 0.416 e. The summed E-state index contributed by atoms with van der Waals surface area (Å²) in [5.41, 5.74) is 2.11. The molecule has 1 aliphatic heterocycles. The quantitative estimate of drug-likeness (QED) is 0.299. The van der Waals surface area contributed by atoms with Gasteiger partial charge in [-0.15, -0.1) is 0 Å². The molecule has 5 nitrogen and oxygen atoms in total. The lowest BCUT2D eigenvalue weighted by molar-refractivity contribution is -0.137. The van der Waals surface area contributed by atoms with Gasteiger partial charge in [-0.3, -0.25) is 9.69 Å². The number of nitrogens with one attached hydrogen (secondary N) is 1. The minimum absolute atomic E-state index is 0.00809. The zero-order chi connectivity index (χ0) is 26.7. The predicted molar refractivity (Wildman–Crippen MR) is 141 cm³/mol. The number of piperidine rings is 1. The molecule has 4 aromatic rings. The molecule has 0 aliphatic carbocycles. The van der Waals surface area contributed by atoms with E-state index < -0.39 is 17.7 Å². The van der Waals surface area contributed by atoms with Crippen molar-refractivity contribution < 1.29 is 18.0 Å². The van der Waals surface area contributed by atoms with Crippen molar-refractivity contribution in [2.75, 3.05) is 13.1 Å². The van der Waals surface area contributed by atoms with Gasteiger partial charge in [-0.2, -0.15) is 13.2 Å². The van der Waals surface area contributed by atoms with E-state index in [4.69, 9.17) is 11.6 Å². The number of nitrogens with zero attached hydrogens (tertiary/aromatic N) is 3. The number of amides is 1. The van der Waals surface area contributed by atoms with Crippen molar-refractivity contribution >= 4 is 23.2 Å². The van der Waals surface area contributed by atoms with Gasteiger partial charge in [0.2, 0.25) is 5.91 Å². The van der Waals surface area contributed by atoms with Crippen molar-refractivity contribution in [3.8, 4) is 0 Å². The van der Waals surface area contributed by atoms with Crippen LogP contribution in [0.2, 0.25) is 5.02 Å². The topological polar surface area (TPSA) is 49.6 Å². The van der Waals surface area contributed by atoms with E-state index in [0.29, 0.717) is 21.9 Å². The molecular formula is C29H28ClF3N4O. The van der Waals surface area contributed by atoms with E-state index in [1.807, 2.05) is 18.2 Å². The Morgan fingerprint density at radius 3 is 2.55 bits per heavy atom. The van der Waals surface area contributed by atoms with Crippen LogP contribution in [0.3, 0.4) is 0 Å². The summed E-state index contributed by atoms with van der Waals surface area (Å²) < 4.78 is 42.2. The van der Waals surface area contributed by atoms with E-state index in [9.17, 15) is 18.0 Å². The summed E-state index contributed by atoms with van der Waals surface area (Å²) in [7, 11) is 0. The average molecular weight is 541 g/mol. The van der Waals surface area contributed by atoms with Crippen LogP contribution in [0, 0.1) is 0 Å². The zero-order valence-corrected chi connectivity index (χ0v) is 21.4. The molecule has 1 atom stereocenters. The number of pyridine rings is 1. The molecule has 38 heavy (non-hydrogen) atoms. The summed E-state index contributed by atoms with van der Waals surface area (Å²) in [5.74, 6) is -0.838. The highest BCUT2D eigenvalue weighted by Gasteiger charge is 2.32. The Morgan fingerprint density at radius 1 is 1.05 bits per heavy atom. The molecule has 2 aromatic carbocycles. The number of fused-ring (bicyclic) bond motifs is 1. The van der Waals surface area contributed by atoms with Gasteiger partial charge in [0, 0.05) is 50.4 Å². The number of rotatable bonds is 7. The fraction of sp³-hybridized carbons (Fsp3) is 0.310. The van der Waals surface area contributed by atoms with Crippen LogP contribution in [-0.4, -0.2) is 39.3 Å². The van der Waals surface area contributed by atoms with Crippen molar-refractivity contribution in [2.24, 2.45) is 0 Å². The number of carbonyl (C=O) groups is 1. The first-order valence-electron chi connectivity index (χ1n) is 12.6. The van der Waals surface area contributed by atoms with Crippen molar-refractivity contribution in [1.29, 1.82) is 0 Å². The highest BCUT2D eigenvalue weighted by molar-refractivity contribution is 6.30. The third kappa shape index (κ3) is 6.19. The minimum atomic E-state index is -4.49. The smallest absolute Gasteiger partial charge is 0.353 e. The van der Waals surface area contributed by atoms with Crippen LogP contribution in [0.25, 0.3) is 5.65 Å². The molecule has 1 amide bonds. The molecule has 3 heterocycles. The van der Waals surface area contributed by atoms with Crippen LogP contribution in [0.15, 0.2) is 79.1 Å². The second-order valence-electron chi connectivity index (χ2n) is 9.74. The summed E-state index contributed by atoms with van der Waals surface area (Å²) in [4.78, 5) is 20.0. The Bertz CT molecular complexity index is 1400. The fourth-order valence-corrected chi connectivity index (χ4v) is 5.27. The van der Waals surface area contributed by atoms with E-state index in [0.717, 1.165) is 44.6 Å². The zero-order valence-electron chi connectivity index (χ0n) is 20.7. The first kappa shape index (κ1) is 26.3. The molecule has 1 saturated heterocycles. The van der Waals surface area contributed by atoms with Crippen molar-refractivity contribution in [3.05, 3.63) is 107 Å². The summed E-state index contributed by atoms with van der Waals surface area (Å²) in [6, 6.07) is 18.9. The third-order valence-electron chi connectivity index (χ3n) is 7.06. The fourth-order valence-electron chi connectivity index (χ4n) is 5.11. The molecule has 9 heteroatoms. The lowest BCUT2D eigenvalue weighted by Crippen LogP contribution is -2.44. The number of hydrogen-bond donors (Lipinski definition) is 1. The van der Waals surface area contributed by atoms with Gasteiger partial charge in [0.15, 0.2) is 0 Å². The molecule has 0 radical (unpaired) electrons. The number of benzene rings is 2. The molecule has 1 N–H and O–H groups in total. The largest absolute Gasteiger partial charge is 0.416 e. The maximum atomic E-state index is 13.5. The van der Waals surface area contributed by atoms with Gasteiger partial charge in [0.25, 0.3) is 0 Å².